The van der Waals surface area contributed by atoms with Gasteiger partial charge in [-0.15, -0.1) is 0 Å². The van der Waals surface area contributed by atoms with E-state index in [1.54, 1.807) is 26.1 Å². The summed E-state index contributed by atoms with van der Waals surface area (Å²) in [7, 11) is -3.46. The van der Waals surface area contributed by atoms with Gasteiger partial charge in [-0.25, -0.2) is 8.42 Å². The molecule has 6 nitrogen and oxygen atoms in total. The molecule has 0 aliphatic rings. The molecule has 2 aromatic heterocycles. The maximum atomic E-state index is 11.9. The molecule has 0 aliphatic carbocycles. The summed E-state index contributed by atoms with van der Waals surface area (Å²) in [4.78, 5) is 14.6. The van der Waals surface area contributed by atoms with E-state index in [1.165, 1.54) is 18.6 Å². The minimum atomic E-state index is -3.46. The Morgan fingerprint density at radius 3 is 2.58 bits per heavy atom. The third-order valence-corrected chi connectivity index (χ3v) is 4.56. The smallest absolute Gasteiger partial charge is 0.256 e. The Morgan fingerprint density at radius 2 is 1.95 bits per heavy atom. The number of pyridine rings is 1. The van der Waals surface area contributed by atoms with Gasteiger partial charge in [-0.1, -0.05) is 0 Å². The van der Waals surface area contributed by atoms with E-state index < -0.39 is 15.3 Å². The van der Waals surface area contributed by atoms with Crippen molar-refractivity contribution in [2.45, 2.75) is 19.1 Å². The third kappa shape index (κ3) is 2.55. The molecule has 0 unspecified atom stereocenters. The molecule has 0 radical (unpaired) electrons. The number of nitrogens with zero attached hydrogens (tertiary/aromatic N) is 3. The summed E-state index contributed by atoms with van der Waals surface area (Å²) in [5, 5.41) is 3.30. The first-order valence-electron chi connectivity index (χ1n) is 5.65. The number of hydrogen-bond acceptors (Lipinski definition) is 5. The van der Waals surface area contributed by atoms with Crippen LogP contribution in [0.15, 0.2) is 30.9 Å². The molecular weight excluding hydrogens is 266 g/mol. The predicted octanol–water partition coefficient (Wildman–Crippen LogP) is 1.34. The van der Waals surface area contributed by atoms with Gasteiger partial charge in [0, 0.05) is 29.1 Å². The number of aromatic nitrogens is 3. The topological polar surface area (TPSA) is 81.9 Å². The number of carbonyl (C=O) groups excluding carboxylic acids is 1. The van der Waals surface area contributed by atoms with Gasteiger partial charge in [-0.2, -0.15) is 9.19 Å². The Bertz CT molecular complexity index is 705. The fourth-order valence-corrected chi connectivity index (χ4v) is 2.36. The van der Waals surface area contributed by atoms with Crippen LogP contribution >= 0.6 is 0 Å². The number of aldehydes is 1. The van der Waals surface area contributed by atoms with Crippen molar-refractivity contribution in [3.8, 4) is 11.1 Å². The SMILES string of the molecule is CC(C)S(=O)(=O)n1cc(-c2cncc(C=O)c2)cn1. The molecule has 2 rings (SSSR count). The molecule has 100 valence electrons. The van der Waals surface area contributed by atoms with Crippen LogP contribution in [0.1, 0.15) is 24.2 Å². The maximum absolute atomic E-state index is 11.9. The summed E-state index contributed by atoms with van der Waals surface area (Å²) >= 11 is 0. The standard InChI is InChI=1S/C12H13N3O3S/c1-9(2)19(17,18)15-7-12(6-14-15)11-3-10(8-16)4-13-5-11/h3-9H,1-2H3. The van der Waals surface area contributed by atoms with Crippen molar-refractivity contribution in [2.75, 3.05) is 0 Å². The van der Waals surface area contributed by atoms with Gasteiger partial charge in [-0.3, -0.25) is 9.78 Å². The van der Waals surface area contributed by atoms with Gasteiger partial charge >= 0.3 is 0 Å². The van der Waals surface area contributed by atoms with Crippen molar-refractivity contribution in [3.05, 3.63) is 36.4 Å². The van der Waals surface area contributed by atoms with E-state index in [4.69, 9.17) is 0 Å². The monoisotopic (exact) mass is 279 g/mol. The van der Waals surface area contributed by atoms with E-state index >= 15 is 0 Å². The average Bonchev–Trinajstić information content (AvgIpc) is 2.89. The van der Waals surface area contributed by atoms with Crippen LogP contribution in [0.4, 0.5) is 0 Å². The molecule has 0 saturated heterocycles. The summed E-state index contributed by atoms with van der Waals surface area (Å²) < 4.78 is 24.8. The van der Waals surface area contributed by atoms with Gasteiger partial charge in [0.15, 0.2) is 6.29 Å². The van der Waals surface area contributed by atoms with Gasteiger partial charge in [0.05, 0.1) is 17.6 Å². The van der Waals surface area contributed by atoms with Crippen molar-refractivity contribution in [2.24, 2.45) is 0 Å². The second kappa shape index (κ2) is 4.93. The number of carbonyl (C=O) groups is 1. The Balaban J connectivity index is 2.44. The molecule has 0 aliphatic heterocycles. The van der Waals surface area contributed by atoms with Crippen molar-refractivity contribution >= 4 is 16.3 Å². The maximum Gasteiger partial charge on any atom is 0.256 e. The molecule has 0 atom stereocenters. The lowest BCUT2D eigenvalue weighted by atomic mass is 10.1. The second-order valence-corrected chi connectivity index (χ2v) is 6.67. The van der Waals surface area contributed by atoms with Gasteiger partial charge in [0.2, 0.25) is 0 Å². The predicted molar refractivity (Wildman–Crippen MR) is 70.3 cm³/mol. The van der Waals surface area contributed by atoms with Crippen LogP contribution in [0, 0.1) is 0 Å². The van der Waals surface area contributed by atoms with E-state index in [1.807, 2.05) is 0 Å². The lowest BCUT2D eigenvalue weighted by Gasteiger charge is -2.06. The quantitative estimate of drug-likeness (QED) is 0.789. The number of rotatable bonds is 4. The van der Waals surface area contributed by atoms with Crippen LogP contribution in [0.5, 0.6) is 0 Å². The van der Waals surface area contributed by atoms with Gasteiger partial charge < -0.3 is 0 Å². The van der Waals surface area contributed by atoms with E-state index in [-0.39, 0.29) is 0 Å². The molecular formula is C12H13N3O3S. The van der Waals surface area contributed by atoms with Crippen molar-refractivity contribution in [1.29, 1.82) is 0 Å². The Kier molecular flexibility index (Phi) is 3.48. The van der Waals surface area contributed by atoms with E-state index in [2.05, 4.69) is 10.1 Å². The summed E-state index contributed by atoms with van der Waals surface area (Å²) in [5.74, 6) is 0. The van der Waals surface area contributed by atoms with Crippen molar-refractivity contribution in [3.63, 3.8) is 0 Å². The molecule has 2 aromatic rings. The van der Waals surface area contributed by atoms with Crippen LogP contribution in [0.2, 0.25) is 0 Å². The summed E-state index contributed by atoms with van der Waals surface area (Å²) in [5.41, 5.74) is 1.67. The molecule has 0 N–H and O–H groups in total. The van der Waals surface area contributed by atoms with Crippen molar-refractivity contribution in [1.82, 2.24) is 14.2 Å². The average molecular weight is 279 g/mol. The zero-order valence-corrected chi connectivity index (χ0v) is 11.3. The number of hydrogen-bond donors (Lipinski definition) is 0. The lowest BCUT2D eigenvalue weighted by molar-refractivity contribution is 0.112. The van der Waals surface area contributed by atoms with Crippen LogP contribution in [-0.4, -0.2) is 34.1 Å². The van der Waals surface area contributed by atoms with Gasteiger partial charge in [0.1, 0.15) is 0 Å². The zero-order valence-electron chi connectivity index (χ0n) is 10.5. The highest BCUT2D eigenvalue weighted by Gasteiger charge is 2.19. The van der Waals surface area contributed by atoms with E-state index in [9.17, 15) is 13.2 Å². The Hall–Kier alpha value is -2.02. The van der Waals surface area contributed by atoms with E-state index in [0.717, 1.165) is 4.09 Å². The summed E-state index contributed by atoms with van der Waals surface area (Å²) in [6, 6.07) is 1.63. The highest BCUT2D eigenvalue weighted by molar-refractivity contribution is 7.90. The molecule has 19 heavy (non-hydrogen) atoms. The molecule has 0 saturated carbocycles. The first-order chi connectivity index (χ1) is 8.95. The Labute approximate surface area is 111 Å². The summed E-state index contributed by atoms with van der Waals surface area (Å²) in [6.45, 7) is 3.18. The molecule has 0 bridgehead atoms. The van der Waals surface area contributed by atoms with E-state index in [0.29, 0.717) is 23.0 Å². The minimum Gasteiger partial charge on any atom is -0.298 e. The molecule has 0 aromatic carbocycles. The minimum absolute atomic E-state index is 0.428. The highest BCUT2D eigenvalue weighted by atomic mass is 32.2. The molecule has 2 heterocycles. The highest BCUT2D eigenvalue weighted by Crippen LogP contribution is 2.19. The molecule has 0 fully saturated rings. The fourth-order valence-electron chi connectivity index (χ4n) is 1.49. The molecule has 0 spiro atoms. The lowest BCUT2D eigenvalue weighted by Crippen LogP contribution is -2.22. The van der Waals surface area contributed by atoms with Crippen LogP contribution in [0.25, 0.3) is 11.1 Å². The van der Waals surface area contributed by atoms with Crippen LogP contribution in [0.3, 0.4) is 0 Å². The summed E-state index contributed by atoms with van der Waals surface area (Å²) in [6.07, 6.45) is 6.53. The fraction of sp³-hybridized carbons (Fsp3) is 0.250. The normalized spacial score (nSPS) is 11.7. The van der Waals surface area contributed by atoms with Crippen LogP contribution < -0.4 is 0 Å². The van der Waals surface area contributed by atoms with Gasteiger partial charge in [-0.05, 0) is 19.9 Å². The van der Waals surface area contributed by atoms with Gasteiger partial charge in [0.25, 0.3) is 10.0 Å². The zero-order chi connectivity index (χ0) is 14.0. The first kappa shape index (κ1) is 13.4. The largest absolute Gasteiger partial charge is 0.298 e. The first-order valence-corrected chi connectivity index (χ1v) is 7.15. The molecule has 0 amide bonds. The second-order valence-electron chi connectivity index (χ2n) is 4.32. The molecule has 7 heteroatoms. The third-order valence-electron chi connectivity index (χ3n) is 2.65. The van der Waals surface area contributed by atoms with Crippen molar-refractivity contribution < 1.29 is 13.2 Å². The Morgan fingerprint density at radius 1 is 1.21 bits per heavy atom. The van der Waals surface area contributed by atoms with Crippen LogP contribution in [-0.2, 0) is 10.0 Å².